The molecule has 6 heteroatoms. The molecule has 4 rings (SSSR count). The van der Waals surface area contributed by atoms with Crippen LogP contribution in [0.3, 0.4) is 0 Å². The van der Waals surface area contributed by atoms with Crippen LogP contribution in [0.2, 0.25) is 0 Å². The maximum Gasteiger partial charge on any atom is 0.305 e. The van der Waals surface area contributed by atoms with Gasteiger partial charge in [0.15, 0.2) is 0 Å². The van der Waals surface area contributed by atoms with Crippen molar-refractivity contribution in [1.82, 2.24) is 14.5 Å². The molecule has 0 spiro atoms. The predicted octanol–water partition coefficient (Wildman–Crippen LogP) is 5.46. The minimum atomic E-state index is -0.146. The van der Waals surface area contributed by atoms with E-state index in [1.54, 1.807) is 0 Å². The minimum absolute atomic E-state index is 0.146. The number of fused-ring (bicyclic) bond motifs is 3. The highest BCUT2D eigenvalue weighted by Gasteiger charge is 2.26. The number of hydrogen-bond acceptors (Lipinski definition) is 4. The van der Waals surface area contributed by atoms with Crippen LogP contribution in [-0.2, 0) is 40.3 Å². The Kier molecular flexibility index (Phi) is 8.93. The highest BCUT2D eigenvalue weighted by atomic mass is 16.5. The van der Waals surface area contributed by atoms with Gasteiger partial charge in [0.25, 0.3) is 0 Å². The number of carbonyl (C=O) groups excluding carboxylic acids is 2. The normalized spacial score (nSPS) is 13.1. The lowest BCUT2D eigenvalue weighted by Gasteiger charge is -2.28. The average molecular weight is 476 g/mol. The van der Waals surface area contributed by atoms with Crippen molar-refractivity contribution in [3.63, 3.8) is 0 Å². The first kappa shape index (κ1) is 25.0. The number of aromatic nitrogens is 2. The van der Waals surface area contributed by atoms with Crippen molar-refractivity contribution in [3.05, 3.63) is 65.5 Å². The summed E-state index contributed by atoms with van der Waals surface area (Å²) in [4.78, 5) is 31.2. The highest BCUT2D eigenvalue weighted by molar-refractivity contribution is 5.83. The van der Waals surface area contributed by atoms with Gasteiger partial charge in [0.2, 0.25) is 5.91 Å². The van der Waals surface area contributed by atoms with Crippen molar-refractivity contribution in [3.8, 4) is 0 Å². The van der Waals surface area contributed by atoms with E-state index in [-0.39, 0.29) is 11.9 Å². The molecule has 0 unspecified atom stereocenters. The van der Waals surface area contributed by atoms with Gasteiger partial charge in [-0.05, 0) is 68.7 Å². The molecule has 1 aliphatic rings. The Hall–Kier alpha value is -3.15. The summed E-state index contributed by atoms with van der Waals surface area (Å²) in [5.74, 6) is 0.0632. The van der Waals surface area contributed by atoms with E-state index in [4.69, 9.17) is 9.72 Å². The monoisotopic (exact) mass is 475 g/mol. The Bertz CT molecular complexity index is 1120. The number of pyridine rings is 1. The summed E-state index contributed by atoms with van der Waals surface area (Å²) in [5.41, 5.74) is 5.03. The Labute approximate surface area is 208 Å². The van der Waals surface area contributed by atoms with Gasteiger partial charge in [-0.3, -0.25) is 9.59 Å². The first-order valence-electron chi connectivity index (χ1n) is 13.1. The minimum Gasteiger partial charge on any atom is -0.466 e. The molecule has 0 bridgehead atoms. The van der Waals surface area contributed by atoms with Gasteiger partial charge in [-0.2, -0.15) is 0 Å². The molecule has 0 saturated heterocycles. The first-order valence-corrected chi connectivity index (χ1v) is 13.1. The second-order valence-electron chi connectivity index (χ2n) is 9.33. The maximum absolute atomic E-state index is 13.0. The van der Waals surface area contributed by atoms with Crippen LogP contribution in [0, 0.1) is 0 Å². The number of rotatable bonds is 12. The summed E-state index contributed by atoms with van der Waals surface area (Å²) >= 11 is 0. The zero-order valence-electron chi connectivity index (χ0n) is 20.9. The molecule has 3 heterocycles. The lowest BCUT2D eigenvalue weighted by molar-refractivity contribution is -0.143. The van der Waals surface area contributed by atoms with Gasteiger partial charge >= 0.3 is 5.97 Å². The van der Waals surface area contributed by atoms with Crippen LogP contribution in [-0.4, -0.2) is 39.5 Å². The maximum atomic E-state index is 13.0. The number of esters is 1. The zero-order chi connectivity index (χ0) is 24.5. The quantitative estimate of drug-likeness (QED) is 0.258. The Balaban J connectivity index is 1.34. The Morgan fingerprint density at radius 2 is 1.80 bits per heavy atom. The molecule has 1 amide bonds. The van der Waals surface area contributed by atoms with E-state index >= 15 is 0 Å². The Morgan fingerprint density at radius 3 is 2.63 bits per heavy atom. The number of amides is 1. The molecular weight excluding hydrogens is 438 g/mol. The third-order valence-corrected chi connectivity index (χ3v) is 6.88. The molecule has 1 aromatic carbocycles. The molecule has 0 N–H and O–H groups in total. The van der Waals surface area contributed by atoms with Gasteiger partial charge in [0.05, 0.1) is 13.2 Å². The molecule has 35 heavy (non-hydrogen) atoms. The SMILES string of the molecule is CCOC(=O)CCCCCC(=O)N1CCc2c(n(CCCCc3ccccc3)c3ncccc23)C1. The van der Waals surface area contributed by atoms with Crippen molar-refractivity contribution in [2.24, 2.45) is 0 Å². The molecule has 0 saturated carbocycles. The summed E-state index contributed by atoms with van der Waals surface area (Å²) in [5, 5.41) is 1.23. The summed E-state index contributed by atoms with van der Waals surface area (Å²) in [6.07, 6.45) is 9.46. The summed E-state index contributed by atoms with van der Waals surface area (Å²) in [6, 6.07) is 14.8. The fourth-order valence-corrected chi connectivity index (χ4v) is 5.07. The van der Waals surface area contributed by atoms with E-state index in [0.717, 1.165) is 63.7 Å². The number of carbonyl (C=O) groups is 2. The molecular formula is C29H37N3O3. The molecule has 0 aliphatic carbocycles. The third-order valence-electron chi connectivity index (χ3n) is 6.88. The van der Waals surface area contributed by atoms with E-state index < -0.39 is 0 Å². The Morgan fingerprint density at radius 1 is 0.971 bits per heavy atom. The van der Waals surface area contributed by atoms with Crippen molar-refractivity contribution in [2.45, 2.75) is 77.8 Å². The van der Waals surface area contributed by atoms with Crippen molar-refractivity contribution >= 4 is 22.9 Å². The number of benzene rings is 1. The summed E-state index contributed by atoms with van der Waals surface area (Å²) < 4.78 is 7.33. The number of hydrogen-bond donors (Lipinski definition) is 0. The number of unbranched alkanes of at least 4 members (excludes halogenated alkanes) is 3. The fourth-order valence-electron chi connectivity index (χ4n) is 5.07. The van der Waals surface area contributed by atoms with E-state index in [1.807, 2.05) is 24.1 Å². The number of nitrogens with zero attached hydrogens (tertiary/aromatic N) is 3. The van der Waals surface area contributed by atoms with Crippen molar-refractivity contribution in [1.29, 1.82) is 0 Å². The second kappa shape index (κ2) is 12.5. The summed E-state index contributed by atoms with van der Waals surface area (Å²) in [7, 11) is 0. The van der Waals surface area contributed by atoms with Crippen LogP contribution < -0.4 is 0 Å². The molecule has 1 aliphatic heterocycles. The third kappa shape index (κ3) is 6.50. The van der Waals surface area contributed by atoms with Crippen LogP contribution in [0.15, 0.2) is 48.7 Å². The smallest absolute Gasteiger partial charge is 0.305 e. The lowest BCUT2D eigenvalue weighted by atomic mass is 10.0. The molecule has 0 radical (unpaired) electrons. The van der Waals surface area contributed by atoms with Crippen molar-refractivity contribution < 1.29 is 14.3 Å². The topological polar surface area (TPSA) is 64.4 Å². The first-order chi connectivity index (χ1) is 17.2. The standard InChI is InChI=1S/C29H37N3O3/c1-2-35-28(34)17-8-4-7-16-27(33)31-21-18-24-25-15-11-19-30-29(25)32(26(24)22-31)20-10-9-14-23-12-5-3-6-13-23/h3,5-6,11-13,15,19H,2,4,7-10,14,16-18,20-22H2,1H3. The van der Waals surface area contributed by atoms with E-state index in [2.05, 4.69) is 41.0 Å². The van der Waals surface area contributed by atoms with Gasteiger partial charge in [-0.15, -0.1) is 0 Å². The molecule has 6 nitrogen and oxygen atoms in total. The molecule has 0 fully saturated rings. The van der Waals surface area contributed by atoms with Crippen LogP contribution in [0.25, 0.3) is 11.0 Å². The van der Waals surface area contributed by atoms with Crippen LogP contribution in [0.1, 0.15) is 68.7 Å². The van der Waals surface area contributed by atoms with Crippen LogP contribution in [0.4, 0.5) is 0 Å². The fraction of sp³-hybridized carbons (Fsp3) is 0.483. The predicted molar refractivity (Wildman–Crippen MR) is 138 cm³/mol. The zero-order valence-corrected chi connectivity index (χ0v) is 20.9. The average Bonchev–Trinajstić information content (AvgIpc) is 3.20. The highest BCUT2D eigenvalue weighted by Crippen LogP contribution is 2.30. The van der Waals surface area contributed by atoms with Crippen LogP contribution >= 0.6 is 0 Å². The molecule has 186 valence electrons. The molecule has 2 aromatic heterocycles. The van der Waals surface area contributed by atoms with E-state index in [0.29, 0.717) is 26.0 Å². The van der Waals surface area contributed by atoms with E-state index in [9.17, 15) is 9.59 Å². The van der Waals surface area contributed by atoms with Gasteiger partial charge in [0.1, 0.15) is 5.65 Å². The largest absolute Gasteiger partial charge is 0.466 e. The number of ether oxygens (including phenoxy) is 1. The van der Waals surface area contributed by atoms with Crippen molar-refractivity contribution in [2.75, 3.05) is 13.2 Å². The number of aryl methyl sites for hydroxylation is 2. The molecule has 3 aromatic rings. The van der Waals surface area contributed by atoms with Gasteiger partial charge < -0.3 is 14.2 Å². The van der Waals surface area contributed by atoms with E-state index in [1.165, 1.54) is 22.2 Å². The summed E-state index contributed by atoms with van der Waals surface area (Å²) in [6.45, 7) is 4.59. The second-order valence-corrected chi connectivity index (χ2v) is 9.33. The molecule has 0 atom stereocenters. The lowest BCUT2D eigenvalue weighted by Crippen LogP contribution is -2.36. The van der Waals surface area contributed by atoms with Crippen LogP contribution in [0.5, 0.6) is 0 Å². The van der Waals surface area contributed by atoms with Gasteiger partial charge in [-0.1, -0.05) is 36.8 Å². The van der Waals surface area contributed by atoms with Gasteiger partial charge in [-0.25, -0.2) is 4.98 Å². The van der Waals surface area contributed by atoms with Gasteiger partial charge in [0, 0.05) is 43.2 Å².